The van der Waals surface area contributed by atoms with E-state index in [0.717, 1.165) is 18.9 Å². The second-order valence-electron chi connectivity index (χ2n) is 5.74. The minimum absolute atomic E-state index is 0.00211. The molecule has 2 heterocycles. The number of benzene rings is 1. The predicted octanol–water partition coefficient (Wildman–Crippen LogP) is 3.27. The fraction of sp³-hybridized carbons (Fsp3) is 0.500. The summed E-state index contributed by atoms with van der Waals surface area (Å²) in [5.74, 6) is -1.19. The number of thioether (sulfide) groups is 1. The summed E-state index contributed by atoms with van der Waals surface area (Å²) in [7, 11) is 0. The van der Waals surface area contributed by atoms with Gasteiger partial charge in [-0.15, -0.1) is 5.10 Å². The van der Waals surface area contributed by atoms with Gasteiger partial charge in [0.1, 0.15) is 11.6 Å². The van der Waals surface area contributed by atoms with E-state index in [-0.39, 0.29) is 17.0 Å². The minimum atomic E-state index is -0.605. The van der Waals surface area contributed by atoms with E-state index in [1.165, 1.54) is 28.5 Å². The van der Waals surface area contributed by atoms with Crippen molar-refractivity contribution in [3.63, 3.8) is 0 Å². The van der Waals surface area contributed by atoms with Crippen LogP contribution in [0.25, 0.3) is 0 Å². The number of rotatable bonds is 6. The Morgan fingerprint density at radius 3 is 3.00 bits per heavy atom. The Kier molecular flexibility index (Phi) is 5.35. The maximum Gasteiger partial charge on any atom is 0.344 e. The maximum absolute atomic E-state index is 14.1. The van der Waals surface area contributed by atoms with Crippen molar-refractivity contribution in [3.05, 3.63) is 45.9 Å². The molecule has 0 radical (unpaired) electrons. The molecule has 8 heteroatoms. The largest absolute Gasteiger partial charge is 0.376 e. The van der Waals surface area contributed by atoms with Crippen LogP contribution in [-0.4, -0.2) is 27.5 Å². The molecule has 5 nitrogen and oxygen atoms in total. The van der Waals surface area contributed by atoms with Crippen LogP contribution in [-0.2, 0) is 11.3 Å². The van der Waals surface area contributed by atoms with Crippen molar-refractivity contribution in [1.29, 1.82) is 0 Å². The predicted molar refractivity (Wildman–Crippen MR) is 87.1 cm³/mol. The topological polar surface area (TPSA) is 59.9 Å². The first-order valence-electron chi connectivity index (χ1n) is 7.97. The molecule has 1 aromatic carbocycles. The van der Waals surface area contributed by atoms with Crippen molar-refractivity contribution in [3.8, 4) is 0 Å². The van der Waals surface area contributed by atoms with Crippen molar-refractivity contribution in [2.24, 2.45) is 0 Å². The number of ether oxygens (including phenoxy) is 1. The number of aromatic nitrogens is 3. The third-order valence-electron chi connectivity index (χ3n) is 4.06. The van der Waals surface area contributed by atoms with E-state index in [0.29, 0.717) is 30.3 Å². The fourth-order valence-corrected chi connectivity index (χ4v) is 3.93. The number of hydrogen-bond acceptors (Lipinski definition) is 4. The smallest absolute Gasteiger partial charge is 0.344 e. The summed E-state index contributed by atoms with van der Waals surface area (Å²) in [5, 5.41) is 6.73. The van der Waals surface area contributed by atoms with E-state index in [2.05, 4.69) is 10.2 Å². The summed E-state index contributed by atoms with van der Waals surface area (Å²) < 4.78 is 34.3. The molecule has 0 unspecified atom stereocenters. The number of halogens is 2. The first kappa shape index (κ1) is 17.2. The van der Waals surface area contributed by atoms with Crippen LogP contribution >= 0.6 is 11.8 Å². The highest BCUT2D eigenvalue weighted by Gasteiger charge is 2.23. The summed E-state index contributed by atoms with van der Waals surface area (Å²) >= 11 is 1.30. The molecule has 0 saturated carbocycles. The van der Waals surface area contributed by atoms with Crippen molar-refractivity contribution in [1.82, 2.24) is 14.8 Å². The van der Waals surface area contributed by atoms with Crippen molar-refractivity contribution >= 4 is 11.8 Å². The first-order chi connectivity index (χ1) is 11.6. The summed E-state index contributed by atoms with van der Waals surface area (Å²) in [6, 6.07) is 3.56. The Labute approximate surface area is 142 Å². The Bertz CT molecular complexity index is 756. The zero-order valence-electron chi connectivity index (χ0n) is 13.3. The molecule has 1 aliphatic heterocycles. The highest BCUT2D eigenvalue weighted by molar-refractivity contribution is 7.99. The standard InChI is InChI=1S/C16H19F2N3O2S/c1-2-14(12-6-5-10(17)8-13(12)18)24-16-20-19-15(22)21(16)9-11-4-3-7-23-11/h5-6,8,11,14H,2-4,7,9H2,1H3,(H,19,22)/t11-,14+/m0/s1. The van der Waals surface area contributed by atoms with Gasteiger partial charge >= 0.3 is 5.69 Å². The van der Waals surface area contributed by atoms with E-state index >= 15 is 0 Å². The molecule has 3 rings (SSSR count). The van der Waals surface area contributed by atoms with Crippen LogP contribution in [0.5, 0.6) is 0 Å². The lowest BCUT2D eigenvalue weighted by Gasteiger charge is -2.16. The van der Waals surface area contributed by atoms with Gasteiger partial charge in [-0.1, -0.05) is 24.8 Å². The second kappa shape index (κ2) is 7.48. The molecule has 0 aliphatic carbocycles. The number of nitrogens with one attached hydrogen (secondary N) is 1. The Morgan fingerprint density at radius 2 is 2.33 bits per heavy atom. The van der Waals surface area contributed by atoms with E-state index < -0.39 is 11.6 Å². The molecule has 1 N–H and O–H groups in total. The fourth-order valence-electron chi connectivity index (χ4n) is 2.80. The van der Waals surface area contributed by atoms with Crippen LogP contribution in [0.3, 0.4) is 0 Å². The summed E-state index contributed by atoms with van der Waals surface area (Å²) in [5.41, 5.74) is 0.102. The summed E-state index contributed by atoms with van der Waals surface area (Å²) in [6.45, 7) is 3.05. The molecule has 1 fully saturated rings. The third-order valence-corrected chi connectivity index (χ3v) is 5.46. The Hall–Kier alpha value is -1.67. The molecule has 0 bridgehead atoms. The lowest BCUT2D eigenvalue weighted by atomic mass is 10.1. The molecule has 1 aliphatic rings. The zero-order valence-corrected chi connectivity index (χ0v) is 14.1. The van der Waals surface area contributed by atoms with E-state index in [4.69, 9.17) is 4.74 Å². The van der Waals surface area contributed by atoms with Gasteiger partial charge in [-0.3, -0.25) is 4.57 Å². The van der Waals surface area contributed by atoms with Crippen molar-refractivity contribution < 1.29 is 13.5 Å². The quantitative estimate of drug-likeness (QED) is 0.808. The van der Waals surface area contributed by atoms with Gasteiger partial charge in [0.05, 0.1) is 12.6 Å². The molecule has 0 spiro atoms. The SMILES string of the molecule is CC[C@@H](Sc1n[nH]c(=O)n1C[C@@H]1CCCO1)c1ccc(F)cc1F. The van der Waals surface area contributed by atoms with E-state index in [1.54, 1.807) is 0 Å². The normalized spacial score (nSPS) is 18.9. The lowest BCUT2D eigenvalue weighted by Crippen LogP contribution is -2.25. The molecule has 0 amide bonds. The molecular weight excluding hydrogens is 336 g/mol. The van der Waals surface area contributed by atoms with Crippen LogP contribution in [0.4, 0.5) is 8.78 Å². The van der Waals surface area contributed by atoms with E-state index in [1.807, 2.05) is 6.92 Å². The third kappa shape index (κ3) is 3.70. The Balaban J connectivity index is 1.82. The zero-order chi connectivity index (χ0) is 17.1. The van der Waals surface area contributed by atoms with Crippen molar-refractivity contribution in [2.75, 3.05) is 6.61 Å². The van der Waals surface area contributed by atoms with Crippen LogP contribution < -0.4 is 5.69 Å². The van der Waals surface area contributed by atoms with Gasteiger partial charge in [0.15, 0.2) is 5.16 Å². The van der Waals surface area contributed by atoms with Crippen LogP contribution in [0.15, 0.2) is 28.2 Å². The average molecular weight is 355 g/mol. The van der Waals surface area contributed by atoms with Crippen LogP contribution in [0.2, 0.25) is 0 Å². The first-order valence-corrected chi connectivity index (χ1v) is 8.85. The molecule has 2 aromatic rings. The molecule has 1 aromatic heterocycles. The number of nitrogens with zero attached hydrogens (tertiary/aromatic N) is 2. The van der Waals surface area contributed by atoms with Gasteiger partial charge in [-0.2, -0.15) is 0 Å². The lowest BCUT2D eigenvalue weighted by molar-refractivity contribution is 0.0941. The van der Waals surface area contributed by atoms with Gasteiger partial charge in [0.2, 0.25) is 0 Å². The molecule has 2 atom stereocenters. The molecule has 1 saturated heterocycles. The number of hydrogen-bond donors (Lipinski definition) is 1. The molecular formula is C16H19F2N3O2S. The minimum Gasteiger partial charge on any atom is -0.376 e. The summed E-state index contributed by atoms with van der Waals surface area (Å²) in [4.78, 5) is 12.0. The highest BCUT2D eigenvalue weighted by atomic mass is 32.2. The van der Waals surface area contributed by atoms with Gasteiger partial charge in [0.25, 0.3) is 0 Å². The van der Waals surface area contributed by atoms with Gasteiger partial charge in [-0.05, 0) is 25.3 Å². The van der Waals surface area contributed by atoms with E-state index in [9.17, 15) is 13.6 Å². The molecule has 24 heavy (non-hydrogen) atoms. The van der Waals surface area contributed by atoms with Gasteiger partial charge in [-0.25, -0.2) is 18.7 Å². The number of aromatic amines is 1. The highest BCUT2D eigenvalue weighted by Crippen LogP contribution is 2.37. The van der Waals surface area contributed by atoms with Gasteiger partial charge in [0, 0.05) is 23.5 Å². The molecule has 130 valence electrons. The Morgan fingerprint density at radius 1 is 1.50 bits per heavy atom. The van der Waals surface area contributed by atoms with Crippen LogP contribution in [0, 0.1) is 11.6 Å². The van der Waals surface area contributed by atoms with Crippen LogP contribution in [0.1, 0.15) is 37.0 Å². The monoisotopic (exact) mass is 355 g/mol. The number of H-pyrrole nitrogens is 1. The van der Waals surface area contributed by atoms with Gasteiger partial charge < -0.3 is 4.74 Å². The second-order valence-corrected chi connectivity index (χ2v) is 6.91. The maximum atomic E-state index is 14.1. The average Bonchev–Trinajstić information content (AvgIpc) is 3.18. The summed E-state index contributed by atoms with van der Waals surface area (Å²) in [6.07, 6.45) is 2.51. The van der Waals surface area contributed by atoms with Crippen molar-refractivity contribution in [2.45, 2.75) is 49.2 Å².